The summed E-state index contributed by atoms with van der Waals surface area (Å²) in [6, 6.07) is 21.9. The molecule has 1 aliphatic carbocycles. The van der Waals surface area contributed by atoms with E-state index >= 15 is 0 Å². The van der Waals surface area contributed by atoms with Crippen LogP contribution in [0.15, 0.2) is 65.1 Å². The topological polar surface area (TPSA) is 18.5 Å². The second-order valence-corrected chi connectivity index (χ2v) is 9.36. The Labute approximate surface area is 192 Å². The highest BCUT2D eigenvalue weighted by molar-refractivity contribution is 9.10. The summed E-state index contributed by atoms with van der Waals surface area (Å²) in [7, 11) is 3.48. The summed E-state index contributed by atoms with van der Waals surface area (Å²) in [6.07, 6.45) is 5.97. The lowest BCUT2D eigenvalue weighted by molar-refractivity contribution is 0.405. The van der Waals surface area contributed by atoms with Gasteiger partial charge in [-0.15, -0.1) is 0 Å². The van der Waals surface area contributed by atoms with E-state index in [0.29, 0.717) is 5.92 Å². The van der Waals surface area contributed by atoms with Crippen molar-refractivity contribution >= 4 is 37.5 Å². The van der Waals surface area contributed by atoms with Crippen molar-refractivity contribution in [1.29, 1.82) is 0 Å². The highest BCUT2D eigenvalue weighted by atomic mass is 79.9. The molecule has 0 spiro atoms. The van der Waals surface area contributed by atoms with Gasteiger partial charge in [0, 0.05) is 4.47 Å². The molecule has 1 aliphatic rings. The van der Waals surface area contributed by atoms with Crippen molar-refractivity contribution in [2.24, 2.45) is 0 Å². The minimum absolute atomic E-state index is 0.615. The lowest BCUT2D eigenvalue weighted by atomic mass is 9.77. The zero-order chi connectivity index (χ0) is 21.4. The van der Waals surface area contributed by atoms with Gasteiger partial charge in [-0.3, -0.25) is 0 Å². The first-order valence-electron chi connectivity index (χ1n) is 11.0. The van der Waals surface area contributed by atoms with Gasteiger partial charge in [-0.25, -0.2) is 0 Å². The van der Waals surface area contributed by atoms with Gasteiger partial charge in [0.05, 0.1) is 19.6 Å². The normalized spacial score (nSPS) is 15.8. The van der Waals surface area contributed by atoms with Crippen molar-refractivity contribution in [3.63, 3.8) is 0 Å². The van der Waals surface area contributed by atoms with Crippen LogP contribution in [0.1, 0.15) is 41.9 Å². The Morgan fingerprint density at radius 3 is 2.45 bits per heavy atom. The monoisotopic (exact) mass is 474 g/mol. The second kappa shape index (κ2) is 8.55. The van der Waals surface area contributed by atoms with E-state index in [9.17, 15) is 0 Å². The van der Waals surface area contributed by atoms with E-state index in [2.05, 4.69) is 70.5 Å². The maximum atomic E-state index is 5.83. The maximum Gasteiger partial charge on any atom is 0.131 e. The Morgan fingerprint density at radius 2 is 1.68 bits per heavy atom. The summed E-state index contributed by atoms with van der Waals surface area (Å²) >= 11 is 3.54. The first-order valence-corrected chi connectivity index (χ1v) is 11.8. The SMILES string of the molecule is COc1cccc2c1c(OC)cc1c3c(ccc12)[C@H](CCc1ccc(Br)cc1)CCC3. The van der Waals surface area contributed by atoms with Crippen LogP contribution in [0.3, 0.4) is 0 Å². The lowest BCUT2D eigenvalue weighted by Crippen LogP contribution is -2.11. The number of hydrogen-bond donors (Lipinski definition) is 0. The quantitative estimate of drug-likeness (QED) is 0.274. The Bertz CT molecular complexity index is 1240. The van der Waals surface area contributed by atoms with Gasteiger partial charge in [0.1, 0.15) is 11.5 Å². The predicted octanol–water partition coefficient (Wildman–Crippen LogP) is 7.83. The van der Waals surface area contributed by atoms with Crippen molar-refractivity contribution in [2.45, 2.75) is 38.0 Å². The molecular weight excluding hydrogens is 448 g/mol. The number of fused-ring (bicyclic) bond motifs is 5. The van der Waals surface area contributed by atoms with Crippen molar-refractivity contribution in [2.75, 3.05) is 14.2 Å². The van der Waals surface area contributed by atoms with Gasteiger partial charge in [0.2, 0.25) is 0 Å². The third kappa shape index (κ3) is 3.70. The molecule has 0 aliphatic heterocycles. The van der Waals surface area contributed by atoms with Gasteiger partial charge >= 0.3 is 0 Å². The molecule has 5 rings (SSSR count). The third-order valence-corrected chi connectivity index (χ3v) is 7.31. The van der Waals surface area contributed by atoms with Crippen LogP contribution in [-0.2, 0) is 12.8 Å². The molecule has 4 aromatic carbocycles. The highest BCUT2D eigenvalue weighted by Gasteiger charge is 2.23. The zero-order valence-corrected chi connectivity index (χ0v) is 19.7. The van der Waals surface area contributed by atoms with Crippen LogP contribution in [0.25, 0.3) is 21.5 Å². The Kier molecular flexibility index (Phi) is 5.62. The van der Waals surface area contributed by atoms with E-state index < -0.39 is 0 Å². The van der Waals surface area contributed by atoms with Crippen LogP contribution in [0.5, 0.6) is 11.5 Å². The summed E-state index contributed by atoms with van der Waals surface area (Å²) in [5.41, 5.74) is 4.45. The standard InChI is InChI=1S/C28H27BrO2/c1-30-26-8-4-7-24-23-16-15-21-19(12-9-18-10-13-20(29)14-11-18)5-3-6-22(21)25(23)17-27(31-2)28(24)26/h4,7-8,10-11,13-17,19H,3,5-6,9,12H2,1-2H3/t19-/m0/s1. The number of halogens is 1. The van der Waals surface area contributed by atoms with E-state index in [1.54, 1.807) is 14.2 Å². The molecule has 0 saturated carbocycles. The van der Waals surface area contributed by atoms with Gasteiger partial charge < -0.3 is 9.47 Å². The fraction of sp³-hybridized carbons (Fsp3) is 0.286. The van der Waals surface area contributed by atoms with Gasteiger partial charge in [0.15, 0.2) is 0 Å². The van der Waals surface area contributed by atoms with Gasteiger partial charge in [-0.05, 0) is 95.1 Å². The van der Waals surface area contributed by atoms with Crippen molar-refractivity contribution < 1.29 is 9.47 Å². The number of aryl methyl sites for hydroxylation is 2. The molecule has 4 aromatic rings. The van der Waals surface area contributed by atoms with Crippen LogP contribution >= 0.6 is 15.9 Å². The number of ether oxygens (including phenoxy) is 2. The first kappa shape index (κ1) is 20.4. The third-order valence-electron chi connectivity index (χ3n) is 6.79. The molecule has 0 unspecified atom stereocenters. The Hall–Kier alpha value is -2.52. The van der Waals surface area contributed by atoms with Crippen LogP contribution in [-0.4, -0.2) is 14.2 Å². The number of methoxy groups -OCH3 is 2. The summed E-state index contributed by atoms with van der Waals surface area (Å²) in [5, 5.41) is 4.89. The summed E-state index contributed by atoms with van der Waals surface area (Å²) in [6.45, 7) is 0. The maximum absolute atomic E-state index is 5.83. The first-order chi connectivity index (χ1) is 15.2. The number of hydrogen-bond acceptors (Lipinski definition) is 2. The van der Waals surface area contributed by atoms with Crippen LogP contribution < -0.4 is 9.47 Å². The van der Waals surface area contributed by atoms with Gasteiger partial charge in [-0.1, -0.05) is 52.3 Å². The molecule has 0 amide bonds. The fourth-order valence-electron chi connectivity index (χ4n) is 5.26. The van der Waals surface area contributed by atoms with E-state index in [1.807, 2.05) is 6.07 Å². The molecule has 1 atom stereocenters. The molecule has 2 nitrogen and oxygen atoms in total. The molecule has 0 heterocycles. The van der Waals surface area contributed by atoms with E-state index in [1.165, 1.54) is 52.1 Å². The van der Waals surface area contributed by atoms with Crippen molar-refractivity contribution in [3.05, 3.63) is 81.8 Å². The average Bonchev–Trinajstić information content (AvgIpc) is 2.82. The Morgan fingerprint density at radius 1 is 0.871 bits per heavy atom. The molecule has 0 radical (unpaired) electrons. The minimum Gasteiger partial charge on any atom is -0.496 e. The molecule has 0 N–H and O–H groups in total. The summed E-state index contributed by atoms with van der Waals surface area (Å²) in [5.74, 6) is 2.37. The molecular formula is C28H27BrO2. The van der Waals surface area contributed by atoms with Gasteiger partial charge in [0.25, 0.3) is 0 Å². The lowest BCUT2D eigenvalue weighted by Gasteiger charge is -2.27. The van der Waals surface area contributed by atoms with Crippen LogP contribution in [0.4, 0.5) is 0 Å². The van der Waals surface area contributed by atoms with Crippen molar-refractivity contribution in [1.82, 2.24) is 0 Å². The minimum atomic E-state index is 0.615. The fourth-order valence-corrected chi connectivity index (χ4v) is 5.52. The van der Waals surface area contributed by atoms with E-state index in [0.717, 1.165) is 34.2 Å². The largest absolute Gasteiger partial charge is 0.496 e. The van der Waals surface area contributed by atoms with E-state index in [4.69, 9.17) is 9.47 Å². The molecule has 0 saturated heterocycles. The van der Waals surface area contributed by atoms with Crippen LogP contribution in [0, 0.1) is 0 Å². The zero-order valence-electron chi connectivity index (χ0n) is 18.1. The highest BCUT2D eigenvalue weighted by Crippen LogP contribution is 2.44. The predicted molar refractivity (Wildman–Crippen MR) is 133 cm³/mol. The van der Waals surface area contributed by atoms with Crippen molar-refractivity contribution in [3.8, 4) is 11.5 Å². The van der Waals surface area contributed by atoms with Gasteiger partial charge in [-0.2, -0.15) is 0 Å². The second-order valence-electron chi connectivity index (χ2n) is 8.44. The Balaban J connectivity index is 1.58. The smallest absolute Gasteiger partial charge is 0.131 e. The summed E-state index contributed by atoms with van der Waals surface area (Å²) < 4.78 is 12.6. The molecule has 158 valence electrons. The number of benzene rings is 4. The molecule has 0 fully saturated rings. The molecule has 31 heavy (non-hydrogen) atoms. The molecule has 3 heteroatoms. The average molecular weight is 475 g/mol. The summed E-state index contributed by atoms with van der Waals surface area (Å²) in [4.78, 5) is 0. The molecule has 0 aromatic heterocycles. The van der Waals surface area contributed by atoms with E-state index in [-0.39, 0.29) is 0 Å². The molecule has 0 bridgehead atoms. The number of rotatable bonds is 5. The van der Waals surface area contributed by atoms with Crippen LogP contribution in [0.2, 0.25) is 0 Å².